The lowest BCUT2D eigenvalue weighted by atomic mass is 10.3. The van der Waals surface area contributed by atoms with Crippen molar-refractivity contribution in [1.29, 1.82) is 0 Å². The van der Waals surface area contributed by atoms with Gasteiger partial charge in [-0.15, -0.1) is 0 Å². The van der Waals surface area contributed by atoms with Crippen LogP contribution in [0.15, 0.2) is 22.9 Å². The smallest absolute Gasteiger partial charge is 0.335 e. The molecule has 11 heavy (non-hydrogen) atoms. The maximum absolute atomic E-state index is 10.4. The summed E-state index contributed by atoms with van der Waals surface area (Å²) in [6.45, 7) is 0. The number of hydrogen-bond acceptors (Lipinski definition) is 2. The van der Waals surface area contributed by atoms with E-state index in [0.29, 0.717) is 5.76 Å². The van der Waals surface area contributed by atoms with Gasteiger partial charge in [-0.2, -0.15) is 0 Å². The van der Waals surface area contributed by atoms with Crippen molar-refractivity contribution >= 4 is 5.97 Å². The van der Waals surface area contributed by atoms with Crippen molar-refractivity contribution in [2.45, 2.75) is 0 Å². The Kier molecular flexibility index (Phi) is 1.03. The zero-order valence-corrected chi connectivity index (χ0v) is 5.50. The van der Waals surface area contributed by atoms with Crippen LogP contribution in [0.2, 0.25) is 0 Å². The summed E-state index contributed by atoms with van der Waals surface area (Å²) in [4.78, 5) is 10.4. The third-order valence-electron chi connectivity index (χ3n) is 1.51. The SMILES string of the molecule is O=C(O)c1cc2c[nH]oc-2c1. The van der Waals surface area contributed by atoms with E-state index in [2.05, 4.69) is 5.16 Å². The molecule has 0 aromatic heterocycles. The fraction of sp³-hybridized carbons (Fsp3) is 0. The quantitative estimate of drug-likeness (QED) is 0.647. The highest BCUT2D eigenvalue weighted by atomic mass is 16.5. The Hall–Kier alpha value is -1.71. The average molecular weight is 151 g/mol. The fourth-order valence-corrected chi connectivity index (χ4v) is 0.986. The second-order valence-corrected chi connectivity index (χ2v) is 2.23. The van der Waals surface area contributed by atoms with Gasteiger partial charge in [-0.3, -0.25) is 0 Å². The molecule has 0 amide bonds. The first-order chi connectivity index (χ1) is 5.27. The predicted octanol–water partition coefficient (Wildman–Crippen LogP) is 1.41. The molecular weight excluding hydrogens is 146 g/mol. The second-order valence-electron chi connectivity index (χ2n) is 2.23. The molecule has 56 valence electrons. The number of nitrogens with one attached hydrogen (secondary N) is 1. The van der Waals surface area contributed by atoms with Gasteiger partial charge in [0.25, 0.3) is 0 Å². The molecule has 1 aliphatic heterocycles. The van der Waals surface area contributed by atoms with Gasteiger partial charge in [0, 0.05) is 11.8 Å². The Labute approximate surface area is 61.7 Å². The molecule has 0 radical (unpaired) electrons. The van der Waals surface area contributed by atoms with Gasteiger partial charge in [-0.05, 0) is 12.1 Å². The van der Waals surface area contributed by atoms with Crippen LogP contribution in [0, 0.1) is 0 Å². The van der Waals surface area contributed by atoms with Crippen LogP contribution in [0.5, 0.6) is 0 Å². The lowest BCUT2D eigenvalue weighted by molar-refractivity contribution is 0.0697. The molecule has 4 nitrogen and oxygen atoms in total. The lowest BCUT2D eigenvalue weighted by Crippen LogP contribution is -1.91. The molecule has 2 aliphatic rings. The summed E-state index contributed by atoms with van der Waals surface area (Å²) in [5.41, 5.74) is 1.04. The molecule has 0 spiro atoms. The van der Waals surface area contributed by atoms with Crippen molar-refractivity contribution in [3.8, 4) is 11.3 Å². The van der Waals surface area contributed by atoms with E-state index in [0.717, 1.165) is 5.56 Å². The fourth-order valence-electron chi connectivity index (χ4n) is 0.986. The number of aromatic carboxylic acids is 1. The van der Waals surface area contributed by atoms with Crippen molar-refractivity contribution in [3.63, 3.8) is 0 Å². The molecule has 0 atom stereocenters. The first-order valence-corrected chi connectivity index (χ1v) is 3.07. The van der Waals surface area contributed by atoms with Gasteiger partial charge in [-0.1, -0.05) is 0 Å². The summed E-state index contributed by atoms with van der Waals surface area (Å²) in [7, 11) is 0. The number of aromatic nitrogens is 1. The number of carbonyl (C=O) groups is 1. The Morgan fingerprint density at radius 2 is 2.36 bits per heavy atom. The van der Waals surface area contributed by atoms with Gasteiger partial charge in [0.15, 0.2) is 5.76 Å². The van der Waals surface area contributed by atoms with E-state index < -0.39 is 5.97 Å². The van der Waals surface area contributed by atoms with Crippen LogP contribution in [0.3, 0.4) is 0 Å². The molecule has 1 heterocycles. The molecule has 1 aliphatic carbocycles. The minimum Gasteiger partial charge on any atom is -0.478 e. The molecule has 0 saturated carbocycles. The Bertz CT molecular complexity index is 334. The minimum atomic E-state index is -0.934. The van der Waals surface area contributed by atoms with Crippen LogP contribution in [0.1, 0.15) is 10.4 Å². The van der Waals surface area contributed by atoms with E-state index in [1.165, 1.54) is 6.07 Å². The normalized spacial score (nSPS) is 10.5. The van der Waals surface area contributed by atoms with Crippen molar-refractivity contribution in [1.82, 2.24) is 5.16 Å². The molecule has 0 unspecified atom stereocenters. The van der Waals surface area contributed by atoms with Crippen LogP contribution in [-0.2, 0) is 0 Å². The van der Waals surface area contributed by atoms with E-state index in [-0.39, 0.29) is 5.56 Å². The van der Waals surface area contributed by atoms with Crippen LogP contribution in [0.25, 0.3) is 11.3 Å². The minimum absolute atomic E-state index is 0.257. The highest BCUT2D eigenvalue weighted by molar-refractivity contribution is 5.91. The topological polar surface area (TPSA) is 66.2 Å². The van der Waals surface area contributed by atoms with E-state index in [1.54, 1.807) is 12.3 Å². The zero-order valence-electron chi connectivity index (χ0n) is 5.50. The average Bonchev–Trinajstić information content (AvgIpc) is 2.40. The Morgan fingerprint density at radius 3 is 3.00 bits per heavy atom. The number of rotatable bonds is 1. The molecule has 0 saturated heterocycles. The van der Waals surface area contributed by atoms with Crippen LogP contribution < -0.4 is 0 Å². The number of H-pyrrole nitrogens is 1. The van der Waals surface area contributed by atoms with E-state index in [1.807, 2.05) is 0 Å². The summed E-state index contributed by atoms with van der Waals surface area (Å²) in [6.07, 6.45) is 1.61. The highest BCUT2D eigenvalue weighted by Gasteiger charge is 2.13. The molecular formula is C7H5NO3. The summed E-state index contributed by atoms with van der Waals surface area (Å²) in [6, 6.07) is 3.03. The van der Waals surface area contributed by atoms with Crippen molar-refractivity contribution in [3.05, 3.63) is 23.9 Å². The molecule has 2 rings (SSSR count). The monoisotopic (exact) mass is 151 g/mol. The van der Waals surface area contributed by atoms with Gasteiger partial charge in [0.1, 0.15) is 0 Å². The summed E-state index contributed by atoms with van der Waals surface area (Å²) in [5.74, 6) is -0.362. The summed E-state index contributed by atoms with van der Waals surface area (Å²) in [5, 5.41) is 11.1. The molecule has 0 fully saturated rings. The van der Waals surface area contributed by atoms with Gasteiger partial charge in [-0.25, -0.2) is 9.95 Å². The standard InChI is InChI=1S/C7H5NO3/c9-7(10)4-1-5-3-8-11-6(5)2-4/h1-3,8H,(H,9,10). The molecule has 0 aromatic rings. The van der Waals surface area contributed by atoms with E-state index in [4.69, 9.17) is 9.63 Å². The number of carboxylic acids is 1. The maximum atomic E-state index is 10.4. The molecule has 4 heteroatoms. The first-order valence-electron chi connectivity index (χ1n) is 3.07. The number of hydrogen-bond donors (Lipinski definition) is 2. The van der Waals surface area contributed by atoms with Gasteiger partial charge in [0.2, 0.25) is 0 Å². The number of carboxylic acid groups (broad SMARTS) is 1. The van der Waals surface area contributed by atoms with Crippen molar-refractivity contribution < 1.29 is 14.4 Å². The van der Waals surface area contributed by atoms with Gasteiger partial charge in [0.05, 0.1) is 5.56 Å². The molecule has 2 N–H and O–H groups in total. The Morgan fingerprint density at radius 1 is 1.55 bits per heavy atom. The Balaban J connectivity index is 2.59. The van der Waals surface area contributed by atoms with Crippen LogP contribution in [0.4, 0.5) is 0 Å². The highest BCUT2D eigenvalue weighted by Crippen LogP contribution is 2.24. The van der Waals surface area contributed by atoms with Crippen LogP contribution >= 0.6 is 0 Å². The lowest BCUT2D eigenvalue weighted by Gasteiger charge is -1.80. The van der Waals surface area contributed by atoms with Gasteiger partial charge < -0.3 is 9.63 Å². The van der Waals surface area contributed by atoms with E-state index in [9.17, 15) is 4.79 Å². The van der Waals surface area contributed by atoms with Crippen LogP contribution in [-0.4, -0.2) is 16.2 Å². The number of aromatic amines is 1. The zero-order chi connectivity index (χ0) is 7.84. The predicted molar refractivity (Wildman–Crippen MR) is 36.6 cm³/mol. The third-order valence-corrected chi connectivity index (χ3v) is 1.51. The van der Waals surface area contributed by atoms with Gasteiger partial charge >= 0.3 is 5.97 Å². The maximum Gasteiger partial charge on any atom is 0.335 e. The van der Waals surface area contributed by atoms with Crippen molar-refractivity contribution in [2.75, 3.05) is 0 Å². The molecule has 0 bridgehead atoms. The third kappa shape index (κ3) is 0.797. The second kappa shape index (κ2) is 1.88. The largest absolute Gasteiger partial charge is 0.478 e. The van der Waals surface area contributed by atoms with Crippen molar-refractivity contribution in [2.24, 2.45) is 0 Å². The summed E-state index contributed by atoms with van der Waals surface area (Å²) < 4.78 is 4.86. The summed E-state index contributed by atoms with van der Waals surface area (Å²) >= 11 is 0. The number of fused-ring (bicyclic) bond motifs is 1. The molecule has 0 aromatic carbocycles. The first kappa shape index (κ1) is 6.03. The van der Waals surface area contributed by atoms with E-state index >= 15 is 0 Å².